The maximum absolute atomic E-state index is 12.3. The number of carboxylic acids is 1. The van der Waals surface area contributed by atoms with Crippen molar-refractivity contribution < 1.29 is 19.6 Å². The molecule has 7 heteroatoms. The monoisotopic (exact) mass is 378 g/mol. The average Bonchev–Trinajstić information content (AvgIpc) is 2.67. The lowest BCUT2D eigenvalue weighted by Crippen LogP contribution is -2.43. The fourth-order valence-corrected chi connectivity index (χ4v) is 3.01. The number of rotatable bonds is 7. The van der Waals surface area contributed by atoms with Gasteiger partial charge < -0.3 is 10.4 Å². The minimum atomic E-state index is -1.14. The molecule has 0 bridgehead atoms. The van der Waals surface area contributed by atoms with Gasteiger partial charge >= 0.3 is 5.97 Å². The third-order valence-corrected chi connectivity index (χ3v) is 4.37. The van der Waals surface area contributed by atoms with Crippen molar-refractivity contribution in [2.24, 2.45) is 0 Å². The Balaban J connectivity index is 1.69. The molecule has 3 aromatic rings. The topological polar surface area (TPSA) is 110 Å². The van der Waals surface area contributed by atoms with E-state index in [-0.39, 0.29) is 18.5 Å². The zero-order valence-electron chi connectivity index (χ0n) is 14.9. The Labute approximate surface area is 160 Å². The summed E-state index contributed by atoms with van der Waals surface area (Å²) in [4.78, 5) is 34.2. The maximum atomic E-state index is 12.3. The summed E-state index contributed by atoms with van der Waals surface area (Å²) >= 11 is 0. The Hall–Kier alpha value is -3.74. The highest BCUT2D eigenvalue weighted by molar-refractivity contribution is 5.86. The first-order chi connectivity index (χ1) is 13.4. The van der Waals surface area contributed by atoms with Crippen molar-refractivity contribution in [2.75, 3.05) is 0 Å². The highest BCUT2D eigenvalue weighted by atomic mass is 16.6. The Morgan fingerprint density at radius 1 is 0.964 bits per heavy atom. The van der Waals surface area contributed by atoms with E-state index in [0.29, 0.717) is 5.56 Å². The predicted molar refractivity (Wildman–Crippen MR) is 104 cm³/mol. The number of nitro benzene ring substituents is 1. The maximum Gasteiger partial charge on any atom is 0.326 e. The third-order valence-electron chi connectivity index (χ3n) is 4.37. The number of hydrogen-bond acceptors (Lipinski definition) is 4. The van der Waals surface area contributed by atoms with Gasteiger partial charge in [0.05, 0.1) is 11.3 Å². The first-order valence-electron chi connectivity index (χ1n) is 8.65. The molecule has 3 aromatic carbocycles. The van der Waals surface area contributed by atoms with Gasteiger partial charge in [-0.15, -0.1) is 0 Å². The van der Waals surface area contributed by atoms with Crippen LogP contribution < -0.4 is 5.32 Å². The molecule has 1 atom stereocenters. The molecular weight excluding hydrogens is 360 g/mol. The molecule has 0 saturated heterocycles. The van der Waals surface area contributed by atoms with E-state index >= 15 is 0 Å². The van der Waals surface area contributed by atoms with Gasteiger partial charge in [-0.25, -0.2) is 4.79 Å². The van der Waals surface area contributed by atoms with Crippen molar-refractivity contribution in [3.05, 3.63) is 88.0 Å². The quantitative estimate of drug-likeness (QED) is 0.485. The molecule has 0 fully saturated rings. The summed E-state index contributed by atoms with van der Waals surface area (Å²) in [6, 6.07) is 18.0. The van der Waals surface area contributed by atoms with Crippen molar-refractivity contribution in [1.82, 2.24) is 5.32 Å². The largest absolute Gasteiger partial charge is 0.480 e. The zero-order chi connectivity index (χ0) is 20.1. The van der Waals surface area contributed by atoms with Crippen molar-refractivity contribution in [3.63, 3.8) is 0 Å². The van der Waals surface area contributed by atoms with Gasteiger partial charge in [0.1, 0.15) is 6.04 Å². The lowest BCUT2D eigenvalue weighted by Gasteiger charge is -2.15. The number of carbonyl (C=O) groups is 2. The smallest absolute Gasteiger partial charge is 0.326 e. The van der Waals surface area contributed by atoms with Crippen LogP contribution >= 0.6 is 0 Å². The minimum absolute atomic E-state index is 0.115. The number of benzene rings is 3. The van der Waals surface area contributed by atoms with Crippen LogP contribution in [0.4, 0.5) is 5.69 Å². The van der Waals surface area contributed by atoms with E-state index in [0.717, 1.165) is 16.3 Å². The van der Waals surface area contributed by atoms with Crippen molar-refractivity contribution >= 4 is 28.3 Å². The van der Waals surface area contributed by atoms with Crippen LogP contribution in [0.1, 0.15) is 11.1 Å². The van der Waals surface area contributed by atoms with Gasteiger partial charge in [-0.05, 0) is 21.9 Å². The molecular formula is C21H18N2O5. The number of non-ortho nitro benzene ring substituents is 1. The van der Waals surface area contributed by atoms with Crippen molar-refractivity contribution in [3.8, 4) is 0 Å². The summed E-state index contributed by atoms with van der Waals surface area (Å²) in [5.74, 6) is -1.64. The number of aliphatic carboxylic acids is 1. The van der Waals surface area contributed by atoms with E-state index in [1.54, 1.807) is 6.07 Å². The minimum Gasteiger partial charge on any atom is -0.480 e. The average molecular weight is 378 g/mol. The number of carboxylic acid groups (broad SMARTS) is 1. The summed E-state index contributed by atoms with van der Waals surface area (Å²) in [7, 11) is 0. The number of nitro groups is 1. The van der Waals surface area contributed by atoms with Gasteiger partial charge in [0.15, 0.2) is 0 Å². The summed E-state index contributed by atoms with van der Waals surface area (Å²) in [5, 5.41) is 24.8. The van der Waals surface area contributed by atoms with Crippen LogP contribution in [0.3, 0.4) is 0 Å². The van der Waals surface area contributed by atoms with E-state index in [2.05, 4.69) is 5.32 Å². The SMILES string of the molecule is O=C(Cc1cccc([N+](=O)[O-])c1)N[C@H](Cc1ccc2ccccc2c1)C(=O)O. The number of carbonyl (C=O) groups excluding carboxylic acids is 1. The number of nitrogens with one attached hydrogen (secondary N) is 1. The Bertz CT molecular complexity index is 1050. The standard InChI is InChI=1S/C21H18N2O5/c24-20(13-14-4-3-7-18(11-14)23(27)28)22-19(21(25)26)12-15-8-9-16-5-1-2-6-17(16)10-15/h1-11,19H,12-13H2,(H,22,24)(H,25,26)/t19-/m1/s1. The lowest BCUT2D eigenvalue weighted by atomic mass is 10.0. The second kappa shape index (κ2) is 8.30. The lowest BCUT2D eigenvalue weighted by molar-refractivity contribution is -0.384. The molecule has 0 heterocycles. The molecule has 3 rings (SSSR count). The van der Waals surface area contributed by atoms with Gasteiger partial charge in [-0.1, -0.05) is 54.6 Å². The second-order valence-electron chi connectivity index (χ2n) is 6.45. The van der Waals surface area contributed by atoms with E-state index in [4.69, 9.17) is 0 Å². The van der Waals surface area contributed by atoms with Crippen LogP contribution in [0, 0.1) is 10.1 Å². The highest BCUT2D eigenvalue weighted by Crippen LogP contribution is 2.17. The third kappa shape index (κ3) is 4.70. The normalized spacial score (nSPS) is 11.7. The molecule has 28 heavy (non-hydrogen) atoms. The van der Waals surface area contributed by atoms with Crippen LogP contribution in [-0.4, -0.2) is 27.9 Å². The molecule has 0 aliphatic carbocycles. The molecule has 2 N–H and O–H groups in total. The Kier molecular flexibility index (Phi) is 5.64. The van der Waals surface area contributed by atoms with Crippen LogP contribution in [0.2, 0.25) is 0 Å². The van der Waals surface area contributed by atoms with Crippen molar-refractivity contribution in [1.29, 1.82) is 0 Å². The van der Waals surface area contributed by atoms with E-state index in [1.807, 2.05) is 42.5 Å². The molecule has 7 nitrogen and oxygen atoms in total. The van der Waals surface area contributed by atoms with E-state index < -0.39 is 22.8 Å². The summed E-state index contributed by atoms with van der Waals surface area (Å²) < 4.78 is 0. The zero-order valence-corrected chi connectivity index (χ0v) is 14.9. The summed E-state index contributed by atoms with van der Waals surface area (Å²) in [5.41, 5.74) is 1.12. The molecule has 0 aliphatic heterocycles. The van der Waals surface area contributed by atoms with Crippen molar-refractivity contribution in [2.45, 2.75) is 18.9 Å². The first-order valence-corrected chi connectivity index (χ1v) is 8.65. The van der Waals surface area contributed by atoms with Gasteiger partial charge in [0.25, 0.3) is 5.69 Å². The number of amides is 1. The van der Waals surface area contributed by atoms with Gasteiger partial charge in [-0.2, -0.15) is 0 Å². The Morgan fingerprint density at radius 2 is 1.71 bits per heavy atom. The molecule has 0 saturated carbocycles. The van der Waals surface area contributed by atoms with Gasteiger partial charge in [0.2, 0.25) is 5.91 Å². The van der Waals surface area contributed by atoms with Crippen LogP contribution in [-0.2, 0) is 22.4 Å². The predicted octanol–water partition coefficient (Wildman–Crippen LogP) is 3.10. The molecule has 1 amide bonds. The van der Waals surface area contributed by atoms with Gasteiger partial charge in [0, 0.05) is 18.6 Å². The first kappa shape index (κ1) is 19.0. The van der Waals surface area contributed by atoms with Crippen LogP contribution in [0.5, 0.6) is 0 Å². The molecule has 0 radical (unpaired) electrons. The van der Waals surface area contributed by atoms with E-state index in [9.17, 15) is 24.8 Å². The molecule has 0 aliphatic rings. The second-order valence-corrected chi connectivity index (χ2v) is 6.45. The number of nitrogens with zero attached hydrogens (tertiary/aromatic N) is 1. The van der Waals surface area contributed by atoms with E-state index in [1.165, 1.54) is 18.2 Å². The molecule has 142 valence electrons. The fraction of sp³-hybridized carbons (Fsp3) is 0.143. The summed E-state index contributed by atoms with van der Waals surface area (Å²) in [6.07, 6.45) is 0.00399. The van der Waals surface area contributed by atoms with Crippen LogP contribution in [0.15, 0.2) is 66.7 Å². The molecule has 0 spiro atoms. The highest BCUT2D eigenvalue weighted by Gasteiger charge is 2.21. The molecule has 0 aromatic heterocycles. The van der Waals surface area contributed by atoms with Gasteiger partial charge in [-0.3, -0.25) is 14.9 Å². The molecule has 0 unspecified atom stereocenters. The number of hydrogen-bond donors (Lipinski definition) is 2. The fourth-order valence-electron chi connectivity index (χ4n) is 3.01. The van der Waals surface area contributed by atoms with Crippen LogP contribution in [0.25, 0.3) is 10.8 Å². The number of fused-ring (bicyclic) bond motifs is 1. The summed E-state index contributed by atoms with van der Waals surface area (Å²) in [6.45, 7) is 0. The Morgan fingerprint density at radius 3 is 2.43 bits per heavy atom.